The molecule has 1 unspecified atom stereocenters. The van der Waals surface area contributed by atoms with Crippen molar-refractivity contribution in [3.05, 3.63) is 35.4 Å². The summed E-state index contributed by atoms with van der Waals surface area (Å²) in [6, 6.07) is 3.79. The molecule has 0 aromatic heterocycles. The summed E-state index contributed by atoms with van der Waals surface area (Å²) in [6.45, 7) is 1.89. The number of hydrogen-bond donors (Lipinski definition) is 2. The van der Waals surface area contributed by atoms with Crippen LogP contribution in [0.25, 0.3) is 0 Å². The van der Waals surface area contributed by atoms with E-state index >= 15 is 0 Å². The summed E-state index contributed by atoms with van der Waals surface area (Å²) in [5.41, 5.74) is 0.0320. The Bertz CT molecular complexity index is 425. The summed E-state index contributed by atoms with van der Waals surface area (Å²) >= 11 is 0. The molecule has 0 saturated carbocycles. The van der Waals surface area contributed by atoms with Gasteiger partial charge in [0, 0.05) is 18.7 Å². The van der Waals surface area contributed by atoms with Crippen LogP contribution in [-0.4, -0.2) is 25.5 Å². The Morgan fingerprint density at radius 2 is 2.11 bits per heavy atom. The number of piperidine rings is 1. The molecule has 1 aromatic rings. The number of carbonyl (C=O) groups excluding carboxylic acids is 1. The minimum absolute atomic E-state index is 0.0285. The fraction of sp³-hybridized carbons (Fsp3) is 0.500. The lowest BCUT2D eigenvalue weighted by atomic mass is 9.99. The van der Waals surface area contributed by atoms with E-state index in [1.807, 2.05) is 0 Å². The fourth-order valence-electron chi connectivity index (χ4n) is 2.30. The number of benzene rings is 1. The highest BCUT2D eigenvalue weighted by Gasteiger charge is 2.20. The number of halogens is 2. The van der Waals surface area contributed by atoms with Crippen molar-refractivity contribution in [3.63, 3.8) is 0 Å². The summed E-state index contributed by atoms with van der Waals surface area (Å²) in [5, 5.41) is 5.90. The normalized spacial score (nSPS) is 19.2. The third-order valence-corrected chi connectivity index (χ3v) is 3.40. The van der Waals surface area contributed by atoms with Crippen LogP contribution in [0.3, 0.4) is 0 Å². The Hall–Kier alpha value is -1.49. The van der Waals surface area contributed by atoms with Gasteiger partial charge in [0.1, 0.15) is 11.6 Å². The van der Waals surface area contributed by atoms with E-state index in [1.165, 1.54) is 18.2 Å². The first-order valence-electron chi connectivity index (χ1n) is 6.60. The average Bonchev–Trinajstić information content (AvgIpc) is 2.43. The quantitative estimate of drug-likeness (QED) is 0.871. The van der Waals surface area contributed by atoms with E-state index in [9.17, 15) is 13.6 Å². The first-order valence-corrected chi connectivity index (χ1v) is 6.60. The van der Waals surface area contributed by atoms with Crippen molar-refractivity contribution in [1.82, 2.24) is 10.6 Å². The molecule has 1 heterocycles. The van der Waals surface area contributed by atoms with Crippen LogP contribution in [-0.2, 0) is 11.2 Å². The molecule has 0 bridgehead atoms. The van der Waals surface area contributed by atoms with Crippen molar-refractivity contribution in [2.45, 2.75) is 19.3 Å². The second kappa shape index (κ2) is 6.61. The highest BCUT2D eigenvalue weighted by Crippen LogP contribution is 2.13. The van der Waals surface area contributed by atoms with E-state index in [2.05, 4.69) is 10.6 Å². The molecule has 19 heavy (non-hydrogen) atoms. The Labute approximate surface area is 111 Å². The van der Waals surface area contributed by atoms with Gasteiger partial charge in [-0.25, -0.2) is 8.78 Å². The van der Waals surface area contributed by atoms with Gasteiger partial charge in [0.2, 0.25) is 5.91 Å². The zero-order valence-corrected chi connectivity index (χ0v) is 10.7. The summed E-state index contributed by atoms with van der Waals surface area (Å²) in [7, 11) is 0. The van der Waals surface area contributed by atoms with E-state index in [0.29, 0.717) is 6.54 Å². The highest BCUT2D eigenvalue weighted by molar-refractivity contribution is 5.78. The van der Waals surface area contributed by atoms with Gasteiger partial charge in [-0.2, -0.15) is 0 Å². The summed E-state index contributed by atoms with van der Waals surface area (Å²) in [4.78, 5) is 11.8. The predicted octanol–water partition coefficient (Wildman–Crippen LogP) is 1.62. The maximum Gasteiger partial charge on any atom is 0.224 e. The third-order valence-electron chi connectivity index (χ3n) is 3.40. The van der Waals surface area contributed by atoms with Crippen molar-refractivity contribution >= 4 is 5.91 Å². The van der Waals surface area contributed by atoms with Crippen LogP contribution in [0.4, 0.5) is 8.78 Å². The molecular formula is C14H18F2N2O. The van der Waals surface area contributed by atoms with Gasteiger partial charge in [-0.1, -0.05) is 6.07 Å². The summed E-state index contributed by atoms with van der Waals surface area (Å²) in [6.07, 6.45) is 2.03. The topological polar surface area (TPSA) is 41.1 Å². The van der Waals surface area contributed by atoms with Crippen molar-refractivity contribution < 1.29 is 13.6 Å². The molecule has 3 nitrogen and oxygen atoms in total. The fourth-order valence-corrected chi connectivity index (χ4v) is 2.30. The van der Waals surface area contributed by atoms with Crippen LogP contribution < -0.4 is 10.6 Å². The molecule has 0 radical (unpaired) electrons. The third kappa shape index (κ3) is 3.73. The Morgan fingerprint density at radius 3 is 2.74 bits per heavy atom. The number of rotatable bonds is 4. The molecule has 1 aliphatic rings. The molecule has 5 heteroatoms. The highest BCUT2D eigenvalue weighted by atomic mass is 19.1. The average molecular weight is 268 g/mol. The minimum Gasteiger partial charge on any atom is -0.355 e. The maximum absolute atomic E-state index is 13.4. The molecule has 1 saturated heterocycles. The molecule has 1 fully saturated rings. The van der Waals surface area contributed by atoms with Crippen molar-refractivity contribution in [2.75, 3.05) is 19.6 Å². The molecular weight excluding hydrogens is 250 g/mol. The monoisotopic (exact) mass is 268 g/mol. The van der Waals surface area contributed by atoms with Gasteiger partial charge in [0.15, 0.2) is 0 Å². The lowest BCUT2D eigenvalue weighted by Gasteiger charge is -2.21. The van der Waals surface area contributed by atoms with Crippen LogP contribution in [0.5, 0.6) is 0 Å². The van der Waals surface area contributed by atoms with Gasteiger partial charge in [0.05, 0.1) is 5.92 Å². The smallest absolute Gasteiger partial charge is 0.224 e. The van der Waals surface area contributed by atoms with Crippen LogP contribution in [0.2, 0.25) is 0 Å². The van der Waals surface area contributed by atoms with Gasteiger partial charge >= 0.3 is 0 Å². The SMILES string of the molecule is O=C(NCCc1c(F)cccc1F)C1CCCNC1. The second-order valence-corrected chi connectivity index (χ2v) is 4.78. The van der Waals surface area contributed by atoms with Gasteiger partial charge in [-0.3, -0.25) is 4.79 Å². The zero-order chi connectivity index (χ0) is 13.7. The molecule has 1 amide bonds. The first-order chi connectivity index (χ1) is 9.18. The first kappa shape index (κ1) is 13.9. The summed E-state index contributed by atoms with van der Waals surface area (Å²) in [5.74, 6) is -1.19. The molecule has 0 aliphatic carbocycles. The largest absolute Gasteiger partial charge is 0.355 e. The second-order valence-electron chi connectivity index (χ2n) is 4.78. The maximum atomic E-state index is 13.4. The minimum atomic E-state index is -0.561. The van der Waals surface area contributed by atoms with Crippen LogP contribution in [0.1, 0.15) is 18.4 Å². The van der Waals surface area contributed by atoms with E-state index in [1.54, 1.807) is 0 Å². The molecule has 104 valence electrons. The van der Waals surface area contributed by atoms with Gasteiger partial charge < -0.3 is 10.6 Å². The Balaban J connectivity index is 1.81. The van der Waals surface area contributed by atoms with Gasteiger partial charge in [-0.05, 0) is 37.9 Å². The molecule has 0 spiro atoms. The summed E-state index contributed by atoms with van der Waals surface area (Å²) < 4.78 is 26.7. The number of carbonyl (C=O) groups is 1. The van der Waals surface area contributed by atoms with E-state index in [4.69, 9.17) is 0 Å². The number of amides is 1. The van der Waals surface area contributed by atoms with Gasteiger partial charge in [-0.15, -0.1) is 0 Å². The van der Waals surface area contributed by atoms with Crippen LogP contribution in [0.15, 0.2) is 18.2 Å². The van der Waals surface area contributed by atoms with Crippen molar-refractivity contribution in [2.24, 2.45) is 5.92 Å². The predicted molar refractivity (Wildman–Crippen MR) is 68.7 cm³/mol. The lowest BCUT2D eigenvalue weighted by Crippen LogP contribution is -2.41. The zero-order valence-electron chi connectivity index (χ0n) is 10.7. The van der Waals surface area contributed by atoms with Crippen molar-refractivity contribution in [1.29, 1.82) is 0 Å². The number of nitrogens with one attached hydrogen (secondary N) is 2. The Kier molecular flexibility index (Phi) is 4.85. The van der Waals surface area contributed by atoms with E-state index in [0.717, 1.165) is 19.4 Å². The van der Waals surface area contributed by atoms with E-state index < -0.39 is 11.6 Å². The van der Waals surface area contributed by atoms with E-state index in [-0.39, 0.29) is 30.4 Å². The molecule has 2 rings (SSSR count). The van der Waals surface area contributed by atoms with Gasteiger partial charge in [0.25, 0.3) is 0 Å². The number of hydrogen-bond acceptors (Lipinski definition) is 2. The van der Waals surface area contributed by atoms with Crippen LogP contribution >= 0.6 is 0 Å². The Morgan fingerprint density at radius 1 is 1.37 bits per heavy atom. The lowest BCUT2D eigenvalue weighted by molar-refractivity contribution is -0.125. The van der Waals surface area contributed by atoms with Crippen LogP contribution in [0, 0.1) is 17.6 Å². The molecule has 2 N–H and O–H groups in total. The standard InChI is InChI=1S/C14H18F2N2O/c15-12-4-1-5-13(16)11(12)6-8-18-14(19)10-3-2-7-17-9-10/h1,4-5,10,17H,2-3,6-9H2,(H,18,19). The van der Waals surface area contributed by atoms with Crippen molar-refractivity contribution in [3.8, 4) is 0 Å². The molecule has 1 atom stereocenters. The molecule has 1 aromatic carbocycles. The molecule has 1 aliphatic heterocycles.